The molecule has 5 heteroatoms. The Bertz CT molecular complexity index is 528. The minimum Gasteiger partial charge on any atom is -0.350 e. The lowest BCUT2D eigenvalue weighted by Gasteiger charge is -2.35. The number of hydrogen-bond donors (Lipinski definition) is 0. The first-order chi connectivity index (χ1) is 11.1. The molecule has 2 fully saturated rings. The second kappa shape index (κ2) is 7.41. The molecule has 2 unspecified atom stereocenters. The van der Waals surface area contributed by atoms with E-state index in [0.29, 0.717) is 26.2 Å². The van der Waals surface area contributed by atoms with Crippen molar-refractivity contribution in [2.75, 3.05) is 26.3 Å². The van der Waals surface area contributed by atoms with Gasteiger partial charge in [-0.2, -0.15) is 0 Å². The Morgan fingerprint density at radius 1 is 1.30 bits per heavy atom. The molecule has 0 spiro atoms. The summed E-state index contributed by atoms with van der Waals surface area (Å²) in [5.41, 5.74) is 0.996. The first-order valence-electron chi connectivity index (χ1n) is 8.40. The van der Waals surface area contributed by atoms with Crippen LogP contribution in [0.5, 0.6) is 0 Å². The van der Waals surface area contributed by atoms with Gasteiger partial charge in [-0.25, -0.2) is 4.39 Å². The number of halogens is 1. The highest BCUT2D eigenvalue weighted by molar-refractivity contribution is 5.77. The highest BCUT2D eigenvalue weighted by Gasteiger charge is 2.33. The number of carbonyl (C=O) groups excluding carboxylic acids is 1. The van der Waals surface area contributed by atoms with Crippen LogP contribution in [-0.4, -0.2) is 43.4 Å². The van der Waals surface area contributed by atoms with Gasteiger partial charge in [0.25, 0.3) is 0 Å². The Hall–Kier alpha value is -1.46. The van der Waals surface area contributed by atoms with Crippen LogP contribution in [0.2, 0.25) is 0 Å². The summed E-state index contributed by atoms with van der Waals surface area (Å²) in [6, 6.07) is 6.41. The molecule has 2 aliphatic rings. The van der Waals surface area contributed by atoms with Crippen molar-refractivity contribution in [2.24, 2.45) is 5.92 Å². The fraction of sp³-hybridized carbons (Fsp3) is 0.611. The summed E-state index contributed by atoms with van der Waals surface area (Å²) in [5.74, 6) is 0.269. The van der Waals surface area contributed by atoms with E-state index in [1.165, 1.54) is 12.1 Å². The SMILES string of the molecule is CC(CC(=O)N1CCCC(C2OCCO2)C1)c1ccc(F)cc1. The minimum atomic E-state index is -0.247. The lowest BCUT2D eigenvalue weighted by atomic mass is 9.94. The molecule has 1 aromatic carbocycles. The maximum absolute atomic E-state index is 13.0. The molecule has 2 aliphatic heterocycles. The molecule has 0 aliphatic carbocycles. The highest BCUT2D eigenvalue weighted by Crippen LogP contribution is 2.27. The first kappa shape index (κ1) is 16.4. The summed E-state index contributed by atoms with van der Waals surface area (Å²) >= 11 is 0. The van der Waals surface area contributed by atoms with Gasteiger partial charge in [-0.05, 0) is 36.5 Å². The van der Waals surface area contributed by atoms with E-state index in [9.17, 15) is 9.18 Å². The fourth-order valence-electron chi connectivity index (χ4n) is 3.41. The molecule has 0 bridgehead atoms. The molecule has 0 radical (unpaired) electrons. The number of nitrogens with zero attached hydrogens (tertiary/aromatic N) is 1. The molecule has 4 nitrogen and oxygen atoms in total. The molecule has 2 saturated heterocycles. The van der Waals surface area contributed by atoms with Crippen LogP contribution < -0.4 is 0 Å². The van der Waals surface area contributed by atoms with Crippen molar-refractivity contribution >= 4 is 5.91 Å². The molecule has 2 heterocycles. The molecule has 23 heavy (non-hydrogen) atoms. The van der Waals surface area contributed by atoms with Gasteiger partial charge in [0.2, 0.25) is 5.91 Å². The number of rotatable bonds is 4. The van der Waals surface area contributed by atoms with Gasteiger partial charge in [0.15, 0.2) is 6.29 Å². The molecule has 1 aromatic rings. The van der Waals surface area contributed by atoms with E-state index in [-0.39, 0.29) is 29.9 Å². The van der Waals surface area contributed by atoms with Crippen molar-refractivity contribution in [1.82, 2.24) is 4.90 Å². The number of piperidine rings is 1. The average Bonchev–Trinajstić information content (AvgIpc) is 3.10. The van der Waals surface area contributed by atoms with Gasteiger partial charge in [0.1, 0.15) is 5.82 Å². The molecule has 0 N–H and O–H groups in total. The van der Waals surface area contributed by atoms with E-state index in [1.807, 2.05) is 11.8 Å². The third-order valence-corrected chi connectivity index (χ3v) is 4.76. The normalized spacial score (nSPS) is 23.9. The van der Waals surface area contributed by atoms with Gasteiger partial charge < -0.3 is 14.4 Å². The zero-order valence-electron chi connectivity index (χ0n) is 13.5. The van der Waals surface area contributed by atoms with E-state index in [2.05, 4.69) is 0 Å². The number of benzene rings is 1. The van der Waals surface area contributed by atoms with Crippen LogP contribution in [0.1, 0.15) is 37.7 Å². The maximum atomic E-state index is 13.0. The molecular weight excluding hydrogens is 297 g/mol. The van der Waals surface area contributed by atoms with E-state index in [0.717, 1.165) is 24.9 Å². The predicted molar refractivity (Wildman–Crippen MR) is 84.4 cm³/mol. The zero-order valence-corrected chi connectivity index (χ0v) is 13.5. The number of amides is 1. The Kier molecular flexibility index (Phi) is 5.28. The van der Waals surface area contributed by atoms with Crippen LogP contribution >= 0.6 is 0 Å². The van der Waals surface area contributed by atoms with Crippen molar-refractivity contribution in [3.63, 3.8) is 0 Å². The molecule has 0 aromatic heterocycles. The van der Waals surface area contributed by atoms with Crippen LogP contribution in [0, 0.1) is 11.7 Å². The van der Waals surface area contributed by atoms with Gasteiger partial charge >= 0.3 is 0 Å². The summed E-state index contributed by atoms with van der Waals surface area (Å²) < 4.78 is 24.2. The van der Waals surface area contributed by atoms with Gasteiger partial charge in [-0.15, -0.1) is 0 Å². The number of ether oxygens (including phenoxy) is 2. The van der Waals surface area contributed by atoms with Crippen molar-refractivity contribution in [1.29, 1.82) is 0 Å². The predicted octanol–water partition coefficient (Wildman–Crippen LogP) is 2.93. The summed E-state index contributed by atoms with van der Waals surface area (Å²) in [6.45, 7) is 4.82. The van der Waals surface area contributed by atoms with E-state index < -0.39 is 0 Å². The lowest BCUT2D eigenvalue weighted by Crippen LogP contribution is -2.44. The second-order valence-electron chi connectivity index (χ2n) is 6.51. The second-order valence-corrected chi connectivity index (χ2v) is 6.51. The van der Waals surface area contributed by atoms with Crippen LogP contribution in [0.15, 0.2) is 24.3 Å². The topological polar surface area (TPSA) is 38.8 Å². The number of carbonyl (C=O) groups is 1. The zero-order chi connectivity index (χ0) is 16.2. The van der Waals surface area contributed by atoms with Crippen molar-refractivity contribution < 1.29 is 18.7 Å². The van der Waals surface area contributed by atoms with Crippen molar-refractivity contribution in [3.8, 4) is 0 Å². The molecule has 2 atom stereocenters. The molecule has 1 amide bonds. The minimum absolute atomic E-state index is 0.0856. The number of hydrogen-bond acceptors (Lipinski definition) is 3. The van der Waals surface area contributed by atoms with E-state index in [1.54, 1.807) is 12.1 Å². The maximum Gasteiger partial charge on any atom is 0.223 e. The van der Waals surface area contributed by atoms with Crippen LogP contribution in [0.25, 0.3) is 0 Å². The standard InChI is InChI=1S/C18H24FNO3/c1-13(14-4-6-16(19)7-5-14)11-17(21)20-8-2-3-15(12-20)18-22-9-10-23-18/h4-7,13,15,18H,2-3,8-12H2,1H3. The van der Waals surface area contributed by atoms with E-state index in [4.69, 9.17) is 9.47 Å². The average molecular weight is 321 g/mol. The Labute approximate surface area is 136 Å². The molecule has 3 rings (SSSR count). The quantitative estimate of drug-likeness (QED) is 0.856. The molecule has 126 valence electrons. The highest BCUT2D eigenvalue weighted by atomic mass is 19.1. The fourth-order valence-corrected chi connectivity index (χ4v) is 3.41. The van der Waals surface area contributed by atoms with Crippen LogP contribution in [0.4, 0.5) is 4.39 Å². The third kappa shape index (κ3) is 4.09. The largest absolute Gasteiger partial charge is 0.350 e. The Balaban J connectivity index is 1.55. The smallest absolute Gasteiger partial charge is 0.223 e. The van der Waals surface area contributed by atoms with Crippen molar-refractivity contribution in [3.05, 3.63) is 35.6 Å². The third-order valence-electron chi connectivity index (χ3n) is 4.76. The van der Waals surface area contributed by atoms with Gasteiger partial charge in [0, 0.05) is 25.4 Å². The monoisotopic (exact) mass is 321 g/mol. The number of likely N-dealkylation sites (tertiary alicyclic amines) is 1. The summed E-state index contributed by atoms with van der Waals surface area (Å²) in [5, 5.41) is 0. The van der Waals surface area contributed by atoms with Gasteiger partial charge in [-0.1, -0.05) is 19.1 Å². The summed E-state index contributed by atoms with van der Waals surface area (Å²) in [7, 11) is 0. The summed E-state index contributed by atoms with van der Waals surface area (Å²) in [4.78, 5) is 14.5. The Morgan fingerprint density at radius 2 is 2.00 bits per heavy atom. The molecule has 0 saturated carbocycles. The Morgan fingerprint density at radius 3 is 2.70 bits per heavy atom. The summed E-state index contributed by atoms with van der Waals surface area (Å²) in [6.07, 6.45) is 2.33. The van der Waals surface area contributed by atoms with Crippen molar-refractivity contribution in [2.45, 2.75) is 38.4 Å². The molecular formula is C18H24FNO3. The van der Waals surface area contributed by atoms with Gasteiger partial charge in [0.05, 0.1) is 13.2 Å². The van der Waals surface area contributed by atoms with Gasteiger partial charge in [-0.3, -0.25) is 4.79 Å². The van der Waals surface area contributed by atoms with Crippen LogP contribution in [-0.2, 0) is 14.3 Å². The lowest BCUT2D eigenvalue weighted by molar-refractivity contribution is -0.139. The van der Waals surface area contributed by atoms with E-state index >= 15 is 0 Å². The van der Waals surface area contributed by atoms with Crippen LogP contribution in [0.3, 0.4) is 0 Å². The first-order valence-corrected chi connectivity index (χ1v) is 8.40.